The Morgan fingerprint density at radius 3 is 3.00 bits per heavy atom. The van der Waals surface area contributed by atoms with Crippen molar-refractivity contribution in [2.24, 2.45) is 10.9 Å². The fourth-order valence-electron chi connectivity index (χ4n) is 0.690. The molecule has 1 aliphatic carbocycles. The molecule has 0 aromatic heterocycles. The molecular formula is C7H11NOS. The summed E-state index contributed by atoms with van der Waals surface area (Å²) in [6, 6.07) is 0. The number of hydrogen-bond acceptors (Lipinski definition) is 3. The van der Waals surface area contributed by atoms with Crippen LogP contribution in [0.2, 0.25) is 0 Å². The zero-order valence-corrected chi connectivity index (χ0v) is 6.69. The van der Waals surface area contributed by atoms with Crippen LogP contribution in [0.15, 0.2) is 4.99 Å². The zero-order chi connectivity index (χ0) is 7.23. The normalized spacial score (nSPS) is 16.4. The van der Waals surface area contributed by atoms with Crippen LogP contribution in [0.3, 0.4) is 0 Å². The van der Waals surface area contributed by atoms with Crippen molar-refractivity contribution in [1.29, 1.82) is 0 Å². The highest BCUT2D eigenvalue weighted by Crippen LogP contribution is 2.28. The fourth-order valence-corrected chi connectivity index (χ4v) is 0.782. The third-order valence-corrected chi connectivity index (χ3v) is 1.59. The highest BCUT2D eigenvalue weighted by molar-refractivity contribution is 7.78. The maximum atomic E-state index is 5.28. The first-order valence-electron chi connectivity index (χ1n) is 3.55. The van der Waals surface area contributed by atoms with Gasteiger partial charge < -0.3 is 4.74 Å². The van der Waals surface area contributed by atoms with Gasteiger partial charge in [0.05, 0.1) is 18.3 Å². The lowest BCUT2D eigenvalue weighted by Gasteiger charge is -1.97. The molecule has 56 valence electrons. The summed E-state index contributed by atoms with van der Waals surface area (Å²) in [5, 5.41) is 2.30. The Morgan fingerprint density at radius 1 is 1.60 bits per heavy atom. The van der Waals surface area contributed by atoms with Crippen molar-refractivity contribution in [3.05, 3.63) is 0 Å². The molecule has 1 fully saturated rings. The van der Waals surface area contributed by atoms with Gasteiger partial charge >= 0.3 is 0 Å². The van der Waals surface area contributed by atoms with Crippen LogP contribution >= 0.6 is 12.2 Å². The van der Waals surface area contributed by atoms with Gasteiger partial charge in [0.15, 0.2) is 0 Å². The summed E-state index contributed by atoms with van der Waals surface area (Å²) in [6.07, 6.45) is 2.69. The molecule has 10 heavy (non-hydrogen) atoms. The molecular weight excluding hydrogens is 146 g/mol. The monoisotopic (exact) mass is 157 g/mol. The standard InChI is InChI=1S/C7H11NOS/c10-6-8-3-4-9-5-7-1-2-7/h7H,1-5H2. The van der Waals surface area contributed by atoms with Gasteiger partial charge in [-0.2, -0.15) is 0 Å². The first-order valence-corrected chi connectivity index (χ1v) is 3.95. The third-order valence-electron chi connectivity index (χ3n) is 1.46. The van der Waals surface area contributed by atoms with E-state index in [-0.39, 0.29) is 0 Å². The van der Waals surface area contributed by atoms with Crippen LogP contribution in [-0.4, -0.2) is 24.9 Å². The van der Waals surface area contributed by atoms with Crippen LogP contribution in [-0.2, 0) is 4.74 Å². The predicted molar refractivity (Wildman–Crippen MR) is 43.4 cm³/mol. The molecule has 0 amide bonds. The second kappa shape index (κ2) is 4.56. The van der Waals surface area contributed by atoms with Crippen molar-refractivity contribution in [1.82, 2.24) is 0 Å². The maximum Gasteiger partial charge on any atom is 0.0727 e. The summed E-state index contributed by atoms with van der Waals surface area (Å²) < 4.78 is 5.28. The third kappa shape index (κ3) is 3.72. The van der Waals surface area contributed by atoms with E-state index in [1.165, 1.54) is 12.8 Å². The van der Waals surface area contributed by atoms with Crippen molar-refractivity contribution in [3.8, 4) is 0 Å². The molecule has 0 radical (unpaired) electrons. The molecule has 0 saturated heterocycles. The second-order valence-electron chi connectivity index (χ2n) is 2.49. The lowest BCUT2D eigenvalue weighted by atomic mass is 10.5. The van der Waals surface area contributed by atoms with Gasteiger partial charge in [-0.25, -0.2) is 4.99 Å². The van der Waals surface area contributed by atoms with Crippen LogP contribution in [0.5, 0.6) is 0 Å². The molecule has 0 aromatic carbocycles. The lowest BCUT2D eigenvalue weighted by Crippen LogP contribution is -2.00. The number of hydrogen-bond donors (Lipinski definition) is 0. The van der Waals surface area contributed by atoms with E-state index in [4.69, 9.17) is 4.74 Å². The average molecular weight is 157 g/mol. The number of aliphatic imine (C=N–C) groups is 1. The molecule has 0 aliphatic heterocycles. The molecule has 3 heteroatoms. The summed E-state index contributed by atoms with van der Waals surface area (Å²) in [4.78, 5) is 3.73. The quantitative estimate of drug-likeness (QED) is 0.343. The lowest BCUT2D eigenvalue weighted by molar-refractivity contribution is 0.132. The molecule has 1 saturated carbocycles. The highest BCUT2D eigenvalue weighted by atomic mass is 32.1. The van der Waals surface area contributed by atoms with Gasteiger partial charge in [-0.1, -0.05) is 0 Å². The van der Waals surface area contributed by atoms with E-state index < -0.39 is 0 Å². The highest BCUT2D eigenvalue weighted by Gasteiger charge is 2.20. The minimum Gasteiger partial charge on any atom is -0.379 e. The fraction of sp³-hybridized carbons (Fsp3) is 0.857. The molecule has 0 N–H and O–H groups in total. The first kappa shape index (κ1) is 7.86. The summed E-state index contributed by atoms with van der Waals surface area (Å²) in [6.45, 7) is 2.27. The molecule has 0 heterocycles. The summed E-state index contributed by atoms with van der Waals surface area (Å²) >= 11 is 4.39. The molecule has 0 spiro atoms. The van der Waals surface area contributed by atoms with Crippen LogP contribution < -0.4 is 0 Å². The van der Waals surface area contributed by atoms with Gasteiger partial charge in [-0.3, -0.25) is 0 Å². The largest absolute Gasteiger partial charge is 0.379 e. The van der Waals surface area contributed by atoms with E-state index in [2.05, 4.69) is 22.4 Å². The van der Waals surface area contributed by atoms with Gasteiger partial charge in [0.2, 0.25) is 0 Å². The van der Waals surface area contributed by atoms with E-state index in [0.717, 1.165) is 12.5 Å². The van der Waals surface area contributed by atoms with E-state index in [1.807, 2.05) is 0 Å². The Kier molecular flexibility index (Phi) is 3.58. The first-order chi connectivity index (χ1) is 4.93. The van der Waals surface area contributed by atoms with Crippen molar-refractivity contribution < 1.29 is 4.74 Å². The predicted octanol–water partition coefficient (Wildman–Crippen LogP) is 1.52. The van der Waals surface area contributed by atoms with Gasteiger partial charge in [-0.15, -0.1) is 0 Å². The molecule has 1 aliphatic rings. The van der Waals surface area contributed by atoms with Crippen molar-refractivity contribution >= 4 is 17.4 Å². The van der Waals surface area contributed by atoms with E-state index in [9.17, 15) is 0 Å². The van der Waals surface area contributed by atoms with Gasteiger partial charge in [0.25, 0.3) is 0 Å². The molecule has 2 nitrogen and oxygen atoms in total. The Labute approximate surface area is 66.3 Å². The SMILES string of the molecule is S=C=NCCOCC1CC1. The number of isothiocyanates is 1. The number of ether oxygens (including phenoxy) is 1. The van der Waals surface area contributed by atoms with E-state index in [1.54, 1.807) is 0 Å². The number of thiocarbonyl (C=S) groups is 1. The Bertz CT molecular complexity index is 139. The molecule has 0 aromatic rings. The van der Waals surface area contributed by atoms with E-state index in [0.29, 0.717) is 13.2 Å². The Balaban J connectivity index is 1.80. The van der Waals surface area contributed by atoms with Crippen molar-refractivity contribution in [3.63, 3.8) is 0 Å². The second-order valence-corrected chi connectivity index (χ2v) is 2.67. The van der Waals surface area contributed by atoms with Crippen molar-refractivity contribution in [2.45, 2.75) is 12.8 Å². The Morgan fingerprint density at radius 2 is 2.40 bits per heavy atom. The summed E-state index contributed by atoms with van der Waals surface area (Å²) in [5.41, 5.74) is 0. The smallest absolute Gasteiger partial charge is 0.0727 e. The minimum atomic E-state index is 0.663. The van der Waals surface area contributed by atoms with Crippen molar-refractivity contribution in [2.75, 3.05) is 19.8 Å². The van der Waals surface area contributed by atoms with Gasteiger partial charge in [-0.05, 0) is 31.0 Å². The van der Waals surface area contributed by atoms with Crippen LogP contribution in [0.25, 0.3) is 0 Å². The number of nitrogens with zero attached hydrogens (tertiary/aromatic N) is 1. The number of rotatable bonds is 5. The average Bonchev–Trinajstić information content (AvgIpc) is 2.71. The zero-order valence-electron chi connectivity index (χ0n) is 5.88. The van der Waals surface area contributed by atoms with Gasteiger partial charge in [0, 0.05) is 6.61 Å². The molecule has 1 rings (SSSR count). The Hall–Kier alpha value is -0.240. The summed E-state index contributed by atoms with van der Waals surface area (Å²) in [7, 11) is 0. The topological polar surface area (TPSA) is 21.6 Å². The molecule has 0 atom stereocenters. The summed E-state index contributed by atoms with van der Waals surface area (Å²) in [5.74, 6) is 0.844. The van der Waals surface area contributed by atoms with Crippen LogP contribution in [0.4, 0.5) is 0 Å². The van der Waals surface area contributed by atoms with Crippen LogP contribution in [0.1, 0.15) is 12.8 Å². The molecule has 0 unspecified atom stereocenters. The van der Waals surface area contributed by atoms with Crippen LogP contribution in [0, 0.1) is 5.92 Å². The van der Waals surface area contributed by atoms with Gasteiger partial charge in [0.1, 0.15) is 0 Å². The van der Waals surface area contributed by atoms with E-state index >= 15 is 0 Å². The molecule has 0 bridgehead atoms. The maximum absolute atomic E-state index is 5.28. The minimum absolute atomic E-state index is 0.663.